The summed E-state index contributed by atoms with van der Waals surface area (Å²) in [6.07, 6.45) is 3.07. The predicted octanol–water partition coefficient (Wildman–Crippen LogP) is 3.89. The summed E-state index contributed by atoms with van der Waals surface area (Å²) in [5, 5.41) is 12.3. The largest absolute Gasteiger partial charge is 0.325 e. The van der Waals surface area contributed by atoms with Crippen molar-refractivity contribution in [1.29, 1.82) is 0 Å². The van der Waals surface area contributed by atoms with Gasteiger partial charge in [-0.2, -0.15) is 0 Å². The zero-order valence-corrected chi connectivity index (χ0v) is 16.9. The van der Waals surface area contributed by atoms with Crippen LogP contribution in [0.5, 0.6) is 0 Å². The number of pyridine rings is 1. The molecule has 1 aliphatic rings. The van der Waals surface area contributed by atoms with Crippen LogP contribution < -0.4 is 10.2 Å². The first kappa shape index (κ1) is 19.0. The number of nitrogens with one attached hydrogen (secondary N) is 1. The van der Waals surface area contributed by atoms with Gasteiger partial charge in [-0.25, -0.2) is 0 Å². The number of nitrogens with zero attached hydrogens (tertiary/aromatic N) is 4. The molecule has 144 valence electrons. The monoisotopic (exact) mass is 435 g/mol. The molecule has 4 rings (SSSR count). The Morgan fingerprint density at radius 2 is 2.11 bits per heavy atom. The lowest BCUT2D eigenvalue weighted by molar-refractivity contribution is -0.117. The summed E-state index contributed by atoms with van der Waals surface area (Å²) in [7, 11) is 0. The summed E-state index contributed by atoms with van der Waals surface area (Å²) >= 11 is 13.4. The third-order valence-electron chi connectivity index (χ3n) is 4.24. The first-order valence-electron chi connectivity index (χ1n) is 8.54. The Bertz CT molecular complexity index is 1070. The number of benzene rings is 1. The van der Waals surface area contributed by atoms with E-state index in [4.69, 9.17) is 23.2 Å². The summed E-state index contributed by atoms with van der Waals surface area (Å²) in [5.41, 5.74) is 1.91. The van der Waals surface area contributed by atoms with Gasteiger partial charge >= 0.3 is 0 Å². The van der Waals surface area contributed by atoms with Gasteiger partial charge in [0.15, 0.2) is 10.8 Å². The molecule has 0 bridgehead atoms. The Kier molecular flexibility index (Phi) is 5.43. The van der Waals surface area contributed by atoms with Gasteiger partial charge in [0, 0.05) is 30.5 Å². The molecule has 3 heterocycles. The molecule has 0 spiro atoms. The molecule has 0 radical (unpaired) electrons. The molecule has 2 amide bonds. The van der Waals surface area contributed by atoms with Gasteiger partial charge in [0.2, 0.25) is 11.8 Å². The highest BCUT2D eigenvalue weighted by molar-refractivity contribution is 7.99. The SMILES string of the molecule is O=C(CSc1nnc2c(Cl)cc(Cl)cn12)Nc1cccc(N2CCCC2=O)c1. The number of fused-ring (bicyclic) bond motifs is 1. The summed E-state index contributed by atoms with van der Waals surface area (Å²) < 4.78 is 1.65. The number of carbonyl (C=O) groups excluding carboxylic acids is 2. The number of hydrogen-bond acceptors (Lipinski definition) is 5. The van der Waals surface area contributed by atoms with Crippen molar-refractivity contribution in [3.05, 3.63) is 46.6 Å². The Balaban J connectivity index is 1.42. The lowest BCUT2D eigenvalue weighted by Gasteiger charge is -2.16. The predicted molar refractivity (Wildman–Crippen MR) is 110 cm³/mol. The highest BCUT2D eigenvalue weighted by Gasteiger charge is 2.21. The maximum atomic E-state index is 12.4. The molecule has 2 aromatic heterocycles. The molecular weight excluding hydrogens is 421 g/mol. The van der Waals surface area contributed by atoms with Crippen molar-refractivity contribution in [2.45, 2.75) is 18.0 Å². The fourth-order valence-electron chi connectivity index (χ4n) is 3.00. The molecule has 1 fully saturated rings. The third-order valence-corrected chi connectivity index (χ3v) is 5.67. The van der Waals surface area contributed by atoms with Crippen molar-refractivity contribution in [2.24, 2.45) is 0 Å². The second-order valence-corrected chi connectivity index (χ2v) is 8.00. The molecular formula is C18H15Cl2N5O2S. The number of thioether (sulfide) groups is 1. The minimum absolute atomic E-state index is 0.107. The first-order valence-corrected chi connectivity index (χ1v) is 10.3. The third kappa shape index (κ3) is 3.94. The van der Waals surface area contributed by atoms with E-state index in [0.717, 1.165) is 12.1 Å². The highest BCUT2D eigenvalue weighted by atomic mass is 35.5. The van der Waals surface area contributed by atoms with Crippen LogP contribution in [0.4, 0.5) is 11.4 Å². The van der Waals surface area contributed by atoms with Crippen LogP contribution >= 0.6 is 35.0 Å². The maximum absolute atomic E-state index is 12.4. The lowest BCUT2D eigenvalue weighted by atomic mass is 10.2. The molecule has 1 N–H and O–H groups in total. The van der Waals surface area contributed by atoms with Crippen molar-refractivity contribution in [3.63, 3.8) is 0 Å². The topological polar surface area (TPSA) is 79.6 Å². The van der Waals surface area contributed by atoms with Crippen LogP contribution in [0, 0.1) is 0 Å². The van der Waals surface area contributed by atoms with Crippen molar-refractivity contribution in [1.82, 2.24) is 14.6 Å². The molecule has 0 atom stereocenters. The lowest BCUT2D eigenvalue weighted by Crippen LogP contribution is -2.23. The van der Waals surface area contributed by atoms with Crippen molar-refractivity contribution < 1.29 is 9.59 Å². The standard InChI is InChI=1S/C18H15Cl2N5O2S/c19-11-7-14(20)17-22-23-18(25(17)9-11)28-10-15(26)21-12-3-1-4-13(8-12)24-6-2-5-16(24)27/h1,3-4,7-9H,2,5-6,10H2,(H,21,26). The zero-order chi connectivity index (χ0) is 19.7. The Labute approximate surface area is 175 Å². The van der Waals surface area contributed by atoms with Crippen LogP contribution in [0.15, 0.2) is 41.7 Å². The van der Waals surface area contributed by atoms with Crippen LogP contribution in [0.2, 0.25) is 10.0 Å². The molecule has 28 heavy (non-hydrogen) atoms. The van der Waals surface area contributed by atoms with Crippen molar-refractivity contribution in [2.75, 3.05) is 22.5 Å². The molecule has 3 aromatic rings. The molecule has 10 heteroatoms. The molecule has 0 aliphatic carbocycles. The van der Waals surface area contributed by atoms with Crippen LogP contribution in [0.3, 0.4) is 0 Å². The Morgan fingerprint density at radius 1 is 1.25 bits per heavy atom. The molecule has 7 nitrogen and oxygen atoms in total. The van der Waals surface area contributed by atoms with Crippen LogP contribution in [0.25, 0.3) is 5.65 Å². The number of carbonyl (C=O) groups is 2. The maximum Gasteiger partial charge on any atom is 0.234 e. The van der Waals surface area contributed by atoms with Gasteiger partial charge in [0.1, 0.15) is 0 Å². The minimum atomic E-state index is -0.195. The number of aromatic nitrogens is 3. The van der Waals surface area contributed by atoms with E-state index in [9.17, 15) is 9.59 Å². The van der Waals surface area contributed by atoms with E-state index in [2.05, 4.69) is 15.5 Å². The van der Waals surface area contributed by atoms with E-state index >= 15 is 0 Å². The van der Waals surface area contributed by atoms with E-state index in [1.54, 1.807) is 33.7 Å². The number of amides is 2. The highest BCUT2D eigenvalue weighted by Crippen LogP contribution is 2.26. The van der Waals surface area contributed by atoms with E-state index in [1.807, 2.05) is 12.1 Å². The molecule has 1 aliphatic heterocycles. The Hall–Kier alpha value is -2.29. The fourth-order valence-corrected chi connectivity index (χ4v) is 4.22. The Morgan fingerprint density at radius 3 is 2.89 bits per heavy atom. The molecule has 1 saturated heterocycles. The van der Waals surface area contributed by atoms with E-state index in [-0.39, 0.29) is 17.6 Å². The quantitative estimate of drug-likeness (QED) is 0.614. The van der Waals surface area contributed by atoms with E-state index < -0.39 is 0 Å². The van der Waals surface area contributed by atoms with Gasteiger partial charge in [0.05, 0.1) is 15.8 Å². The van der Waals surface area contributed by atoms with Gasteiger partial charge in [-0.15, -0.1) is 10.2 Å². The average molecular weight is 436 g/mol. The summed E-state index contributed by atoms with van der Waals surface area (Å²) in [6.45, 7) is 0.706. The van der Waals surface area contributed by atoms with Crippen LogP contribution in [-0.4, -0.2) is 38.7 Å². The minimum Gasteiger partial charge on any atom is -0.325 e. The summed E-state index contributed by atoms with van der Waals surface area (Å²) in [6, 6.07) is 8.87. The fraction of sp³-hybridized carbons (Fsp3) is 0.222. The second-order valence-electron chi connectivity index (χ2n) is 6.22. The first-order chi connectivity index (χ1) is 13.5. The molecule has 0 unspecified atom stereocenters. The van der Waals surface area contributed by atoms with Gasteiger partial charge in [-0.05, 0) is 30.7 Å². The number of halogens is 2. The van der Waals surface area contributed by atoms with Crippen molar-refractivity contribution >= 4 is 63.8 Å². The van der Waals surface area contributed by atoms with Gasteiger partial charge in [-0.1, -0.05) is 41.0 Å². The van der Waals surface area contributed by atoms with Gasteiger partial charge in [0.25, 0.3) is 0 Å². The number of anilines is 2. The van der Waals surface area contributed by atoms with Gasteiger partial charge in [-0.3, -0.25) is 14.0 Å². The molecule has 1 aromatic carbocycles. The van der Waals surface area contributed by atoms with E-state index in [1.165, 1.54) is 11.8 Å². The molecule has 0 saturated carbocycles. The van der Waals surface area contributed by atoms with Crippen molar-refractivity contribution in [3.8, 4) is 0 Å². The number of hydrogen-bond donors (Lipinski definition) is 1. The van der Waals surface area contributed by atoms with Gasteiger partial charge < -0.3 is 10.2 Å². The average Bonchev–Trinajstić information content (AvgIpc) is 3.26. The normalized spacial score (nSPS) is 14.1. The summed E-state index contributed by atoms with van der Waals surface area (Å²) in [4.78, 5) is 26.0. The summed E-state index contributed by atoms with van der Waals surface area (Å²) in [5.74, 6) is 0.0486. The smallest absolute Gasteiger partial charge is 0.234 e. The zero-order valence-electron chi connectivity index (χ0n) is 14.6. The number of rotatable bonds is 5. The van der Waals surface area contributed by atoms with Crippen LogP contribution in [-0.2, 0) is 9.59 Å². The van der Waals surface area contributed by atoms with Crippen LogP contribution in [0.1, 0.15) is 12.8 Å². The van der Waals surface area contributed by atoms with E-state index in [0.29, 0.717) is 39.5 Å². The second kappa shape index (κ2) is 7.98.